The molecule has 1 N–H and O–H groups in total. The summed E-state index contributed by atoms with van der Waals surface area (Å²) in [6.45, 7) is 5.25. The molecule has 1 aromatic carbocycles. The summed E-state index contributed by atoms with van der Waals surface area (Å²) in [5.74, 6) is 0.805. The van der Waals surface area contributed by atoms with Gasteiger partial charge in [-0.05, 0) is 39.5 Å². The molecule has 1 heterocycles. The summed E-state index contributed by atoms with van der Waals surface area (Å²) < 4.78 is 14.0. The number of fused-ring (bicyclic) bond motifs is 1. The molecule has 1 aliphatic heterocycles. The van der Waals surface area contributed by atoms with Gasteiger partial charge >= 0.3 is 0 Å². The van der Waals surface area contributed by atoms with E-state index in [0.29, 0.717) is 11.8 Å². The fourth-order valence-electron chi connectivity index (χ4n) is 1.99. The van der Waals surface area contributed by atoms with E-state index in [1.54, 1.807) is 6.07 Å². The number of halogens is 2. The lowest BCUT2D eigenvalue weighted by Gasteiger charge is -2.14. The molecule has 0 saturated carbocycles. The molecule has 3 heteroatoms. The largest absolute Gasteiger partial charge is 0.383 e. The lowest BCUT2D eigenvalue weighted by atomic mass is 9.90. The van der Waals surface area contributed by atoms with E-state index in [2.05, 4.69) is 35.1 Å². The summed E-state index contributed by atoms with van der Waals surface area (Å²) in [6.07, 6.45) is 0. The molecule has 1 unspecified atom stereocenters. The number of hydrogen-bond acceptors (Lipinski definition) is 1. The van der Waals surface area contributed by atoms with Gasteiger partial charge in [-0.2, -0.15) is 0 Å². The van der Waals surface area contributed by atoms with Crippen molar-refractivity contribution in [1.82, 2.24) is 0 Å². The summed E-state index contributed by atoms with van der Waals surface area (Å²) in [5.41, 5.74) is 2.16. The SMILES string of the molecule is CC(C)C1CNc2c(Br)cc(F)cc21. The highest BCUT2D eigenvalue weighted by Crippen LogP contribution is 2.40. The van der Waals surface area contributed by atoms with Crippen LogP contribution in [0.5, 0.6) is 0 Å². The fraction of sp³-hybridized carbons (Fsp3) is 0.455. The minimum absolute atomic E-state index is 0.162. The van der Waals surface area contributed by atoms with E-state index in [9.17, 15) is 4.39 Å². The summed E-state index contributed by atoms with van der Waals surface area (Å²) in [6, 6.07) is 3.15. The molecule has 1 aromatic rings. The van der Waals surface area contributed by atoms with Gasteiger partial charge in [0, 0.05) is 16.9 Å². The first-order chi connectivity index (χ1) is 6.59. The van der Waals surface area contributed by atoms with Gasteiger partial charge in [0.15, 0.2) is 0 Å². The lowest BCUT2D eigenvalue weighted by Crippen LogP contribution is -2.08. The molecule has 0 radical (unpaired) electrons. The molecule has 0 fully saturated rings. The van der Waals surface area contributed by atoms with Crippen LogP contribution in [0.1, 0.15) is 25.3 Å². The van der Waals surface area contributed by atoms with Gasteiger partial charge < -0.3 is 5.32 Å². The Balaban J connectivity index is 2.49. The summed E-state index contributed by atoms with van der Waals surface area (Å²) >= 11 is 3.37. The molecule has 0 aliphatic carbocycles. The van der Waals surface area contributed by atoms with Gasteiger partial charge in [0.25, 0.3) is 0 Å². The van der Waals surface area contributed by atoms with Crippen molar-refractivity contribution in [3.8, 4) is 0 Å². The Labute approximate surface area is 91.8 Å². The Morgan fingerprint density at radius 1 is 1.50 bits per heavy atom. The fourth-order valence-corrected chi connectivity index (χ4v) is 2.58. The Bertz CT molecular complexity index is 363. The predicted octanol–water partition coefficient (Wildman–Crippen LogP) is 3.75. The highest BCUT2D eigenvalue weighted by atomic mass is 79.9. The highest BCUT2D eigenvalue weighted by molar-refractivity contribution is 9.10. The van der Waals surface area contributed by atoms with Crippen LogP contribution >= 0.6 is 15.9 Å². The van der Waals surface area contributed by atoms with E-state index in [1.165, 1.54) is 6.07 Å². The Morgan fingerprint density at radius 3 is 2.86 bits per heavy atom. The van der Waals surface area contributed by atoms with Gasteiger partial charge in [-0.25, -0.2) is 4.39 Å². The average molecular weight is 258 g/mol. The second-order valence-corrected chi connectivity index (χ2v) is 4.94. The van der Waals surface area contributed by atoms with E-state index in [0.717, 1.165) is 22.3 Å². The first-order valence-electron chi connectivity index (χ1n) is 4.82. The quantitative estimate of drug-likeness (QED) is 0.808. The van der Waals surface area contributed by atoms with Crippen molar-refractivity contribution in [3.63, 3.8) is 0 Å². The van der Waals surface area contributed by atoms with Crippen LogP contribution in [0.15, 0.2) is 16.6 Å². The van der Waals surface area contributed by atoms with Crippen molar-refractivity contribution in [1.29, 1.82) is 0 Å². The van der Waals surface area contributed by atoms with Crippen LogP contribution in [-0.4, -0.2) is 6.54 Å². The van der Waals surface area contributed by atoms with Crippen molar-refractivity contribution >= 4 is 21.6 Å². The maximum absolute atomic E-state index is 13.2. The van der Waals surface area contributed by atoms with Crippen LogP contribution in [0, 0.1) is 11.7 Å². The first kappa shape index (κ1) is 9.97. The number of hydrogen-bond donors (Lipinski definition) is 1. The van der Waals surface area contributed by atoms with Crippen molar-refractivity contribution in [2.24, 2.45) is 5.92 Å². The second kappa shape index (κ2) is 3.54. The van der Waals surface area contributed by atoms with Crippen molar-refractivity contribution < 1.29 is 4.39 Å². The molecule has 1 atom stereocenters. The maximum Gasteiger partial charge on any atom is 0.124 e. The van der Waals surface area contributed by atoms with Crippen LogP contribution in [0.3, 0.4) is 0 Å². The van der Waals surface area contributed by atoms with Crippen molar-refractivity contribution in [3.05, 3.63) is 28.0 Å². The molecular formula is C11H13BrFN. The van der Waals surface area contributed by atoms with Crippen LogP contribution in [0.2, 0.25) is 0 Å². The summed E-state index contributed by atoms with van der Waals surface area (Å²) in [4.78, 5) is 0. The van der Waals surface area contributed by atoms with E-state index in [4.69, 9.17) is 0 Å². The number of benzene rings is 1. The third kappa shape index (κ3) is 1.54. The van der Waals surface area contributed by atoms with Gasteiger partial charge in [-0.1, -0.05) is 13.8 Å². The molecular weight excluding hydrogens is 245 g/mol. The normalized spacial score (nSPS) is 19.6. The van der Waals surface area contributed by atoms with Gasteiger partial charge in [0.1, 0.15) is 5.82 Å². The zero-order valence-electron chi connectivity index (χ0n) is 8.27. The van der Waals surface area contributed by atoms with Crippen LogP contribution < -0.4 is 5.32 Å². The van der Waals surface area contributed by atoms with E-state index >= 15 is 0 Å². The zero-order chi connectivity index (χ0) is 10.3. The standard InChI is InChI=1S/C11H13BrFN/c1-6(2)9-5-14-11-8(9)3-7(13)4-10(11)12/h3-4,6,9,14H,5H2,1-2H3. The van der Waals surface area contributed by atoms with Crippen molar-refractivity contribution in [2.75, 3.05) is 11.9 Å². The summed E-state index contributed by atoms with van der Waals surface area (Å²) in [7, 11) is 0. The third-order valence-corrected chi connectivity index (χ3v) is 3.41. The summed E-state index contributed by atoms with van der Waals surface area (Å²) in [5, 5.41) is 3.31. The third-order valence-electron chi connectivity index (χ3n) is 2.79. The van der Waals surface area contributed by atoms with Crippen molar-refractivity contribution in [2.45, 2.75) is 19.8 Å². The number of rotatable bonds is 1. The Morgan fingerprint density at radius 2 is 2.21 bits per heavy atom. The molecule has 0 aromatic heterocycles. The molecule has 2 rings (SSSR count). The number of anilines is 1. The average Bonchev–Trinajstić information content (AvgIpc) is 2.47. The molecule has 0 spiro atoms. The van der Waals surface area contributed by atoms with Gasteiger partial charge in [0.2, 0.25) is 0 Å². The molecule has 1 nitrogen and oxygen atoms in total. The van der Waals surface area contributed by atoms with Gasteiger partial charge in [-0.15, -0.1) is 0 Å². The first-order valence-corrected chi connectivity index (χ1v) is 5.61. The predicted molar refractivity (Wildman–Crippen MR) is 60.2 cm³/mol. The van der Waals surface area contributed by atoms with E-state index in [-0.39, 0.29) is 5.82 Å². The van der Waals surface area contributed by atoms with Crippen LogP contribution in [-0.2, 0) is 0 Å². The van der Waals surface area contributed by atoms with E-state index in [1.807, 2.05) is 0 Å². The molecule has 0 amide bonds. The van der Waals surface area contributed by atoms with Gasteiger partial charge in [0.05, 0.1) is 5.69 Å². The topological polar surface area (TPSA) is 12.0 Å². The Kier molecular flexibility index (Phi) is 2.52. The highest BCUT2D eigenvalue weighted by Gasteiger charge is 2.26. The zero-order valence-corrected chi connectivity index (χ0v) is 9.86. The molecule has 0 bridgehead atoms. The maximum atomic E-state index is 13.2. The minimum Gasteiger partial charge on any atom is -0.383 e. The lowest BCUT2D eigenvalue weighted by molar-refractivity contribution is 0.529. The van der Waals surface area contributed by atoms with Crippen LogP contribution in [0.25, 0.3) is 0 Å². The minimum atomic E-state index is -0.162. The monoisotopic (exact) mass is 257 g/mol. The van der Waals surface area contributed by atoms with Gasteiger partial charge in [-0.3, -0.25) is 0 Å². The van der Waals surface area contributed by atoms with Crippen LogP contribution in [0.4, 0.5) is 10.1 Å². The molecule has 14 heavy (non-hydrogen) atoms. The number of nitrogens with one attached hydrogen (secondary N) is 1. The molecule has 1 aliphatic rings. The van der Waals surface area contributed by atoms with E-state index < -0.39 is 0 Å². The molecule has 76 valence electrons. The second-order valence-electron chi connectivity index (χ2n) is 4.08. The molecule has 0 saturated heterocycles. The smallest absolute Gasteiger partial charge is 0.124 e. The Hall–Kier alpha value is -0.570.